The minimum Gasteiger partial charge on any atom is -0.493 e. The summed E-state index contributed by atoms with van der Waals surface area (Å²) in [4.78, 5) is 0. The zero-order valence-corrected chi connectivity index (χ0v) is 14.2. The Labute approximate surface area is 139 Å². The molecule has 0 aliphatic rings. The van der Waals surface area contributed by atoms with Crippen molar-refractivity contribution in [3.8, 4) is 11.5 Å². The second-order valence-electron chi connectivity index (χ2n) is 5.63. The van der Waals surface area contributed by atoms with Crippen molar-refractivity contribution in [1.82, 2.24) is 5.32 Å². The van der Waals surface area contributed by atoms with E-state index in [1.165, 1.54) is 24.0 Å². The molecular weight excluding hydrogens is 286 g/mol. The molecule has 2 rings (SSSR count). The van der Waals surface area contributed by atoms with Gasteiger partial charge in [-0.2, -0.15) is 0 Å². The maximum Gasteiger partial charge on any atom is 0.161 e. The third-order valence-electron chi connectivity index (χ3n) is 3.73. The van der Waals surface area contributed by atoms with Gasteiger partial charge < -0.3 is 14.8 Å². The molecule has 1 N–H and O–H groups in total. The summed E-state index contributed by atoms with van der Waals surface area (Å²) in [7, 11) is 1.69. The minimum absolute atomic E-state index is 0.746. The number of nitrogens with one attached hydrogen (secondary N) is 1. The van der Waals surface area contributed by atoms with Crippen LogP contribution in [0.5, 0.6) is 11.5 Å². The summed E-state index contributed by atoms with van der Waals surface area (Å²) >= 11 is 0. The topological polar surface area (TPSA) is 30.5 Å². The Morgan fingerprint density at radius 3 is 2.39 bits per heavy atom. The van der Waals surface area contributed by atoms with Gasteiger partial charge in [-0.3, -0.25) is 0 Å². The van der Waals surface area contributed by atoms with Gasteiger partial charge in [0.1, 0.15) is 0 Å². The first-order chi connectivity index (χ1) is 11.3. The third-order valence-corrected chi connectivity index (χ3v) is 3.73. The number of rotatable bonds is 10. The van der Waals surface area contributed by atoms with Crippen molar-refractivity contribution in [2.75, 3.05) is 13.7 Å². The van der Waals surface area contributed by atoms with Crippen molar-refractivity contribution in [3.63, 3.8) is 0 Å². The molecule has 0 aliphatic carbocycles. The molecule has 0 saturated carbocycles. The van der Waals surface area contributed by atoms with E-state index >= 15 is 0 Å². The maximum atomic E-state index is 5.81. The molecule has 0 atom stereocenters. The average molecular weight is 313 g/mol. The molecule has 0 bridgehead atoms. The Morgan fingerprint density at radius 2 is 1.65 bits per heavy atom. The van der Waals surface area contributed by atoms with Gasteiger partial charge in [0.15, 0.2) is 11.5 Å². The van der Waals surface area contributed by atoms with Crippen LogP contribution in [0.3, 0.4) is 0 Å². The van der Waals surface area contributed by atoms with Crippen LogP contribution in [0.4, 0.5) is 0 Å². The Kier molecular flexibility index (Phi) is 7.47. The molecule has 0 aromatic heterocycles. The van der Waals surface area contributed by atoms with E-state index in [9.17, 15) is 0 Å². The molecule has 23 heavy (non-hydrogen) atoms. The van der Waals surface area contributed by atoms with Gasteiger partial charge in [0, 0.05) is 13.1 Å². The van der Waals surface area contributed by atoms with Gasteiger partial charge in [0.05, 0.1) is 13.7 Å². The van der Waals surface area contributed by atoms with Crippen LogP contribution in [0.25, 0.3) is 0 Å². The first kappa shape index (κ1) is 17.4. The summed E-state index contributed by atoms with van der Waals surface area (Å²) in [6.07, 6.45) is 3.48. The summed E-state index contributed by atoms with van der Waals surface area (Å²) in [5.41, 5.74) is 2.48. The van der Waals surface area contributed by atoms with Crippen LogP contribution < -0.4 is 14.8 Å². The molecular formula is C20H27NO2. The summed E-state index contributed by atoms with van der Waals surface area (Å²) in [6, 6.07) is 16.6. The second kappa shape index (κ2) is 9.90. The number of benzene rings is 2. The normalized spacial score (nSPS) is 10.5. The van der Waals surface area contributed by atoms with E-state index in [2.05, 4.69) is 42.6 Å². The largest absolute Gasteiger partial charge is 0.493 e. The molecule has 0 spiro atoms. The van der Waals surface area contributed by atoms with Crippen LogP contribution in [0.1, 0.15) is 37.3 Å². The molecule has 3 heteroatoms. The molecule has 0 amide bonds. The molecule has 0 aliphatic heterocycles. The molecule has 3 nitrogen and oxygen atoms in total. The molecule has 0 radical (unpaired) electrons. The lowest BCUT2D eigenvalue weighted by atomic mass is 10.2. The highest BCUT2D eigenvalue weighted by Crippen LogP contribution is 2.28. The monoisotopic (exact) mass is 313 g/mol. The molecule has 2 aromatic rings. The van der Waals surface area contributed by atoms with Gasteiger partial charge in [-0.1, -0.05) is 56.2 Å². The van der Waals surface area contributed by atoms with E-state index in [1.807, 2.05) is 18.2 Å². The van der Waals surface area contributed by atoms with E-state index in [4.69, 9.17) is 9.47 Å². The van der Waals surface area contributed by atoms with E-state index < -0.39 is 0 Å². The minimum atomic E-state index is 0.746. The summed E-state index contributed by atoms with van der Waals surface area (Å²) in [6.45, 7) is 4.60. The van der Waals surface area contributed by atoms with Gasteiger partial charge in [-0.15, -0.1) is 0 Å². The number of ether oxygens (including phenoxy) is 2. The van der Waals surface area contributed by atoms with E-state index in [-0.39, 0.29) is 0 Å². The summed E-state index contributed by atoms with van der Waals surface area (Å²) in [5, 5.41) is 3.45. The van der Waals surface area contributed by atoms with Crippen molar-refractivity contribution in [2.45, 2.75) is 39.3 Å². The van der Waals surface area contributed by atoms with Gasteiger partial charge in [0.25, 0.3) is 0 Å². The van der Waals surface area contributed by atoms with Crippen LogP contribution in [0.2, 0.25) is 0 Å². The lowest BCUT2D eigenvalue weighted by Crippen LogP contribution is -2.12. The van der Waals surface area contributed by atoms with Crippen LogP contribution in [0.15, 0.2) is 48.5 Å². The van der Waals surface area contributed by atoms with E-state index in [1.54, 1.807) is 7.11 Å². The first-order valence-electron chi connectivity index (χ1n) is 8.38. The van der Waals surface area contributed by atoms with Crippen molar-refractivity contribution in [2.24, 2.45) is 0 Å². The molecule has 2 aromatic carbocycles. The predicted octanol–water partition coefficient (Wildman–Crippen LogP) is 4.55. The highest BCUT2D eigenvalue weighted by molar-refractivity contribution is 5.43. The Balaban J connectivity index is 1.85. The van der Waals surface area contributed by atoms with Crippen molar-refractivity contribution < 1.29 is 9.47 Å². The maximum absolute atomic E-state index is 5.81. The zero-order valence-electron chi connectivity index (χ0n) is 14.2. The smallest absolute Gasteiger partial charge is 0.161 e. The highest BCUT2D eigenvalue weighted by Gasteiger charge is 2.05. The molecule has 0 saturated heterocycles. The van der Waals surface area contributed by atoms with Crippen molar-refractivity contribution >= 4 is 0 Å². The molecule has 0 heterocycles. The molecule has 124 valence electrons. The Morgan fingerprint density at radius 1 is 0.870 bits per heavy atom. The summed E-state index contributed by atoms with van der Waals surface area (Å²) in [5.74, 6) is 1.64. The highest BCUT2D eigenvalue weighted by atomic mass is 16.5. The van der Waals surface area contributed by atoms with Crippen LogP contribution in [-0.2, 0) is 13.1 Å². The van der Waals surface area contributed by atoms with E-state index in [0.29, 0.717) is 0 Å². The van der Waals surface area contributed by atoms with Gasteiger partial charge in [-0.25, -0.2) is 0 Å². The average Bonchev–Trinajstić information content (AvgIpc) is 2.60. The SMILES string of the molecule is CCCCCOc1ccc(CNCc2ccccc2)cc1OC. The quantitative estimate of drug-likeness (QED) is 0.653. The third kappa shape index (κ3) is 5.95. The number of methoxy groups -OCH3 is 1. The Hall–Kier alpha value is -2.00. The van der Waals surface area contributed by atoms with Crippen molar-refractivity contribution in [1.29, 1.82) is 0 Å². The standard InChI is InChI=1S/C20H27NO2/c1-3-4-8-13-23-19-12-11-18(14-20(19)22-2)16-21-15-17-9-6-5-7-10-17/h5-7,9-12,14,21H,3-4,8,13,15-16H2,1-2H3. The predicted molar refractivity (Wildman–Crippen MR) is 95.0 cm³/mol. The van der Waals surface area contributed by atoms with E-state index in [0.717, 1.165) is 37.6 Å². The number of hydrogen-bond donors (Lipinski definition) is 1. The fourth-order valence-corrected chi connectivity index (χ4v) is 2.42. The van der Waals surface area contributed by atoms with Crippen molar-refractivity contribution in [3.05, 3.63) is 59.7 Å². The van der Waals surface area contributed by atoms with Crippen LogP contribution in [0, 0.1) is 0 Å². The fraction of sp³-hybridized carbons (Fsp3) is 0.400. The lowest BCUT2D eigenvalue weighted by Gasteiger charge is -2.12. The van der Waals surface area contributed by atoms with Crippen LogP contribution >= 0.6 is 0 Å². The van der Waals surface area contributed by atoms with Gasteiger partial charge >= 0.3 is 0 Å². The first-order valence-corrected chi connectivity index (χ1v) is 8.38. The molecule has 0 fully saturated rings. The number of hydrogen-bond acceptors (Lipinski definition) is 3. The second-order valence-corrected chi connectivity index (χ2v) is 5.63. The molecule has 0 unspecified atom stereocenters. The van der Waals surface area contributed by atoms with Gasteiger partial charge in [0.2, 0.25) is 0 Å². The van der Waals surface area contributed by atoms with Crippen LogP contribution in [-0.4, -0.2) is 13.7 Å². The fourth-order valence-electron chi connectivity index (χ4n) is 2.42. The number of unbranched alkanes of at least 4 members (excludes halogenated alkanes) is 2. The Bertz CT molecular complexity index is 569. The lowest BCUT2D eigenvalue weighted by molar-refractivity contribution is 0.286. The zero-order chi connectivity index (χ0) is 16.3. The van der Waals surface area contributed by atoms with Gasteiger partial charge in [-0.05, 0) is 29.7 Å². The summed E-state index contributed by atoms with van der Waals surface area (Å²) < 4.78 is 11.3.